The minimum Gasteiger partial charge on any atom is -0.382 e. The molecule has 0 saturated heterocycles. The number of benzene rings is 2. The number of halogens is 4. The van der Waals surface area contributed by atoms with Crippen molar-refractivity contribution in [2.45, 2.75) is 25.4 Å². The van der Waals surface area contributed by atoms with Crippen molar-refractivity contribution in [1.29, 1.82) is 0 Å². The summed E-state index contributed by atoms with van der Waals surface area (Å²) in [6.07, 6.45) is -0.577. The third-order valence-electron chi connectivity index (χ3n) is 5.73. The van der Waals surface area contributed by atoms with E-state index < -0.39 is 23.6 Å². The van der Waals surface area contributed by atoms with Crippen LogP contribution in [0.4, 0.5) is 39.5 Å². The highest BCUT2D eigenvalue weighted by Crippen LogP contribution is 2.36. The van der Waals surface area contributed by atoms with E-state index in [1.54, 1.807) is 6.07 Å². The second kappa shape index (κ2) is 8.01. The molecule has 0 saturated carbocycles. The number of hydrogen-bond donors (Lipinski definition) is 3. The standard InChI is InChI=1S/C23H18F4N6O/c24-16-10-14(33-18-6-2-5-15(18)19-20(33)21(28)30-11-29-19)7-8-17(16)32-22(34)31-13-4-1-3-12(9-13)23(25,26)27/h1,3-4,7-11H,2,5-6H2,(H2,28,29,30)(H2,31,32,34). The van der Waals surface area contributed by atoms with Crippen LogP contribution in [-0.2, 0) is 19.0 Å². The Bertz CT molecular complexity index is 1430. The summed E-state index contributed by atoms with van der Waals surface area (Å²) >= 11 is 0. The minimum absolute atomic E-state index is 0.0748. The molecule has 5 rings (SSSR count). The van der Waals surface area contributed by atoms with Crippen LogP contribution in [0.5, 0.6) is 0 Å². The molecule has 34 heavy (non-hydrogen) atoms. The fourth-order valence-corrected chi connectivity index (χ4v) is 4.29. The third kappa shape index (κ3) is 3.78. The zero-order valence-electron chi connectivity index (χ0n) is 17.6. The average Bonchev–Trinajstić information content (AvgIpc) is 3.37. The van der Waals surface area contributed by atoms with Crippen LogP contribution in [0.15, 0.2) is 48.8 Å². The number of anilines is 3. The number of amides is 2. The normalized spacial score (nSPS) is 13.2. The Kier molecular flexibility index (Phi) is 5.11. The van der Waals surface area contributed by atoms with Gasteiger partial charge >= 0.3 is 12.2 Å². The number of carbonyl (C=O) groups excluding carboxylic acids is 1. The molecule has 0 atom stereocenters. The number of urea groups is 1. The Morgan fingerprint density at radius 3 is 2.65 bits per heavy atom. The molecule has 2 aromatic heterocycles. The van der Waals surface area contributed by atoms with Crippen molar-refractivity contribution in [2.24, 2.45) is 0 Å². The first-order valence-corrected chi connectivity index (χ1v) is 10.4. The first-order valence-electron chi connectivity index (χ1n) is 10.4. The van der Waals surface area contributed by atoms with E-state index in [2.05, 4.69) is 20.6 Å². The van der Waals surface area contributed by atoms with E-state index in [0.29, 0.717) is 11.2 Å². The molecule has 0 aliphatic heterocycles. The molecule has 174 valence electrons. The summed E-state index contributed by atoms with van der Waals surface area (Å²) < 4.78 is 55.4. The number of fused-ring (bicyclic) bond motifs is 3. The van der Waals surface area contributed by atoms with E-state index in [1.165, 1.54) is 30.6 Å². The van der Waals surface area contributed by atoms with Gasteiger partial charge < -0.3 is 20.9 Å². The molecule has 0 unspecified atom stereocenters. The van der Waals surface area contributed by atoms with Gasteiger partial charge in [-0.1, -0.05) is 6.07 Å². The predicted molar refractivity (Wildman–Crippen MR) is 119 cm³/mol. The highest BCUT2D eigenvalue weighted by Gasteiger charge is 2.30. The van der Waals surface area contributed by atoms with Crippen molar-refractivity contribution in [3.63, 3.8) is 0 Å². The van der Waals surface area contributed by atoms with Gasteiger partial charge in [-0.2, -0.15) is 13.2 Å². The van der Waals surface area contributed by atoms with Crippen LogP contribution >= 0.6 is 0 Å². The molecule has 2 aromatic carbocycles. The fraction of sp³-hybridized carbons (Fsp3) is 0.174. The van der Waals surface area contributed by atoms with Gasteiger partial charge in [-0.15, -0.1) is 0 Å². The van der Waals surface area contributed by atoms with Crippen LogP contribution < -0.4 is 16.4 Å². The second-order valence-corrected chi connectivity index (χ2v) is 7.89. The lowest BCUT2D eigenvalue weighted by atomic mass is 10.2. The molecule has 1 aliphatic carbocycles. The molecule has 0 bridgehead atoms. The van der Waals surface area contributed by atoms with E-state index in [1.807, 2.05) is 4.57 Å². The number of nitrogens with one attached hydrogen (secondary N) is 2. The summed E-state index contributed by atoms with van der Waals surface area (Å²) in [4.78, 5) is 20.7. The number of aryl methyl sites for hydroxylation is 1. The van der Waals surface area contributed by atoms with Crippen molar-refractivity contribution in [3.05, 3.63) is 71.4 Å². The Morgan fingerprint density at radius 1 is 1.06 bits per heavy atom. The maximum Gasteiger partial charge on any atom is 0.416 e. The van der Waals surface area contributed by atoms with Gasteiger partial charge in [-0.3, -0.25) is 0 Å². The summed E-state index contributed by atoms with van der Waals surface area (Å²) in [5, 5.41) is 4.61. The molecule has 1 aliphatic rings. The van der Waals surface area contributed by atoms with Gasteiger partial charge in [0.15, 0.2) is 5.82 Å². The highest BCUT2D eigenvalue weighted by molar-refractivity contribution is 6.00. The number of nitrogens with zero attached hydrogens (tertiary/aromatic N) is 3. The smallest absolute Gasteiger partial charge is 0.382 e. The van der Waals surface area contributed by atoms with Crippen molar-refractivity contribution >= 4 is 34.3 Å². The van der Waals surface area contributed by atoms with Crippen LogP contribution in [0.3, 0.4) is 0 Å². The topological polar surface area (TPSA) is 97.9 Å². The van der Waals surface area contributed by atoms with Crippen LogP contribution in [-0.4, -0.2) is 20.6 Å². The van der Waals surface area contributed by atoms with Crippen LogP contribution in [0.1, 0.15) is 23.2 Å². The number of carbonyl (C=O) groups is 1. The van der Waals surface area contributed by atoms with Gasteiger partial charge in [0.25, 0.3) is 0 Å². The van der Waals surface area contributed by atoms with Crippen LogP contribution in [0.25, 0.3) is 16.7 Å². The van der Waals surface area contributed by atoms with Crippen molar-refractivity contribution < 1.29 is 22.4 Å². The van der Waals surface area contributed by atoms with Gasteiger partial charge in [0.2, 0.25) is 0 Å². The largest absolute Gasteiger partial charge is 0.416 e. The number of nitrogens with two attached hydrogens (primary N) is 1. The Labute approximate surface area is 190 Å². The van der Waals surface area contributed by atoms with Gasteiger partial charge in [0.05, 0.1) is 16.8 Å². The lowest BCUT2D eigenvalue weighted by Gasteiger charge is -2.14. The summed E-state index contributed by atoms with van der Waals surface area (Å²) in [6.45, 7) is 0. The molecule has 4 N–H and O–H groups in total. The summed E-state index contributed by atoms with van der Waals surface area (Å²) in [5.41, 5.74) is 8.88. The third-order valence-corrected chi connectivity index (χ3v) is 5.73. The van der Waals surface area contributed by atoms with E-state index in [0.717, 1.165) is 48.2 Å². The number of aromatic nitrogens is 3. The summed E-state index contributed by atoms with van der Waals surface area (Å²) in [7, 11) is 0. The van der Waals surface area contributed by atoms with Crippen molar-refractivity contribution in [2.75, 3.05) is 16.4 Å². The van der Waals surface area contributed by atoms with Gasteiger partial charge in [-0.25, -0.2) is 19.2 Å². The molecular weight excluding hydrogens is 452 g/mol. The highest BCUT2D eigenvalue weighted by atomic mass is 19.4. The number of hydrogen-bond acceptors (Lipinski definition) is 4. The Morgan fingerprint density at radius 2 is 1.88 bits per heavy atom. The first kappa shape index (κ1) is 21.7. The molecule has 11 heteroatoms. The number of alkyl halides is 3. The zero-order chi connectivity index (χ0) is 24.0. The van der Waals surface area contributed by atoms with Gasteiger partial charge in [0.1, 0.15) is 17.7 Å². The van der Waals surface area contributed by atoms with E-state index in [-0.39, 0.29) is 17.2 Å². The lowest BCUT2D eigenvalue weighted by molar-refractivity contribution is -0.137. The maximum absolute atomic E-state index is 14.9. The van der Waals surface area contributed by atoms with E-state index >= 15 is 0 Å². The molecule has 7 nitrogen and oxygen atoms in total. The average molecular weight is 470 g/mol. The second-order valence-electron chi connectivity index (χ2n) is 7.89. The molecule has 2 heterocycles. The van der Waals surface area contributed by atoms with E-state index in [9.17, 15) is 22.4 Å². The van der Waals surface area contributed by atoms with Crippen LogP contribution in [0, 0.1) is 5.82 Å². The molecule has 0 fully saturated rings. The quantitative estimate of drug-likeness (QED) is 0.354. The number of nitrogen functional groups attached to an aromatic ring is 1. The molecular formula is C23H18F4N6O. The molecule has 0 radical (unpaired) electrons. The minimum atomic E-state index is -4.55. The van der Waals surface area contributed by atoms with E-state index in [4.69, 9.17) is 5.73 Å². The summed E-state index contributed by atoms with van der Waals surface area (Å²) in [6, 6.07) is 7.53. The predicted octanol–water partition coefficient (Wildman–Crippen LogP) is 5.29. The Balaban J connectivity index is 1.41. The Hall–Kier alpha value is -4.15. The van der Waals surface area contributed by atoms with Crippen LogP contribution in [0.2, 0.25) is 0 Å². The lowest BCUT2D eigenvalue weighted by Crippen LogP contribution is -2.20. The SMILES string of the molecule is Nc1ncnc2c3c(n(-c4ccc(NC(=O)Nc5cccc(C(F)(F)F)c5)c(F)c4)c12)CCC3. The van der Waals surface area contributed by atoms with Gasteiger partial charge in [0, 0.05) is 23.1 Å². The first-order chi connectivity index (χ1) is 16.2. The summed E-state index contributed by atoms with van der Waals surface area (Å²) in [5.74, 6) is -0.441. The maximum atomic E-state index is 14.9. The molecule has 0 spiro atoms. The van der Waals surface area contributed by atoms with Gasteiger partial charge in [-0.05, 0) is 55.2 Å². The molecule has 4 aromatic rings. The van der Waals surface area contributed by atoms with Crippen molar-refractivity contribution in [3.8, 4) is 5.69 Å². The van der Waals surface area contributed by atoms with Crippen molar-refractivity contribution in [1.82, 2.24) is 14.5 Å². The fourth-order valence-electron chi connectivity index (χ4n) is 4.29. The zero-order valence-corrected chi connectivity index (χ0v) is 17.6. The monoisotopic (exact) mass is 470 g/mol. The molecule has 2 amide bonds. The number of rotatable bonds is 3.